The Hall–Kier alpha value is -3.61. The number of hydrogen-bond acceptors (Lipinski definition) is 12. The zero-order valence-corrected chi connectivity index (χ0v) is 29.1. The maximum Gasteiger partial charge on any atom is 0.228 e. The summed E-state index contributed by atoms with van der Waals surface area (Å²) in [6.07, 6.45) is 3.51. The lowest BCUT2D eigenvalue weighted by Crippen LogP contribution is -2.55. The number of rotatable bonds is 6. The topological polar surface area (TPSA) is 131 Å². The lowest BCUT2D eigenvalue weighted by molar-refractivity contribution is 0.111. The summed E-state index contributed by atoms with van der Waals surface area (Å²) in [5.74, 6) is 0.266. The number of piperazine rings is 1. The Balaban J connectivity index is 1.37. The van der Waals surface area contributed by atoms with Crippen LogP contribution in [-0.4, -0.2) is 106 Å². The number of nitrogens with two attached hydrogens (primary N) is 1. The predicted octanol–water partition coefficient (Wildman–Crippen LogP) is 3.86. The number of fused-ring (bicyclic) bond motifs is 6. The number of likely N-dealkylation sites (N-methyl/N-ethyl adjacent to an activating group) is 1. The fourth-order valence-electron chi connectivity index (χ4n) is 8.46. The molecular formula is C35H41F2N9O2S. The number of allylic oxidation sites excluding steroid dienone is 1. The standard InChI is InChI=1S/C35H41F2N9O2S/c1-18(47)11-44-12-19-5-6-20(13-44)46(19)33-28-23-15-48-14-22(23)26(30-27-21(9-38)25(39)16-49-32(27)24(36)10-40-30)29(37)31(28)41-34(42-33)45-8-7-35(2,17-45)43(3)4/h10,18-20,47H,5-8,11-17,39H2,1-4H3. The third kappa shape index (κ3) is 5.16. The summed E-state index contributed by atoms with van der Waals surface area (Å²) in [6.45, 7) is 7.95. The van der Waals surface area contributed by atoms with Crippen molar-refractivity contribution in [2.45, 2.75) is 74.9 Å². The number of ether oxygens (including phenoxy) is 1. The summed E-state index contributed by atoms with van der Waals surface area (Å²) in [5.41, 5.74) is 8.68. The summed E-state index contributed by atoms with van der Waals surface area (Å²) in [6, 6.07) is 2.42. The molecule has 0 amide bonds. The third-order valence-corrected chi connectivity index (χ3v) is 12.3. The number of halogens is 2. The molecule has 3 fully saturated rings. The summed E-state index contributed by atoms with van der Waals surface area (Å²) in [5, 5.41) is 20.9. The smallest absolute Gasteiger partial charge is 0.228 e. The Bertz CT molecular complexity index is 1930. The number of hydrogen-bond donors (Lipinski definition) is 2. The molecule has 3 saturated heterocycles. The number of aliphatic hydroxyl groups is 1. The van der Waals surface area contributed by atoms with Crippen LogP contribution in [0, 0.1) is 23.0 Å². The lowest BCUT2D eigenvalue weighted by atomic mass is 9.91. The van der Waals surface area contributed by atoms with Gasteiger partial charge in [-0.15, -0.1) is 11.8 Å². The van der Waals surface area contributed by atoms with Crippen LogP contribution in [0.5, 0.6) is 0 Å². The second-order valence-corrected chi connectivity index (χ2v) is 15.6. The molecular weight excluding hydrogens is 649 g/mol. The van der Waals surface area contributed by atoms with Gasteiger partial charge in [-0.3, -0.25) is 9.88 Å². The van der Waals surface area contributed by atoms with Crippen molar-refractivity contribution in [3.05, 3.63) is 40.2 Å². The van der Waals surface area contributed by atoms with E-state index in [9.17, 15) is 10.4 Å². The van der Waals surface area contributed by atoms with Crippen molar-refractivity contribution >= 4 is 40.0 Å². The Kier molecular flexibility index (Phi) is 7.99. The molecule has 1 aromatic carbocycles. The Morgan fingerprint density at radius 1 is 1.18 bits per heavy atom. The van der Waals surface area contributed by atoms with E-state index in [-0.39, 0.29) is 69.4 Å². The van der Waals surface area contributed by atoms with E-state index in [2.05, 4.69) is 51.7 Å². The van der Waals surface area contributed by atoms with Crippen LogP contribution in [0.3, 0.4) is 0 Å². The summed E-state index contributed by atoms with van der Waals surface area (Å²) >= 11 is 1.18. The lowest BCUT2D eigenvalue weighted by Gasteiger charge is -2.43. The van der Waals surface area contributed by atoms with Crippen molar-refractivity contribution in [3.63, 3.8) is 0 Å². The van der Waals surface area contributed by atoms with E-state index in [1.807, 2.05) is 6.92 Å². The highest BCUT2D eigenvalue weighted by molar-refractivity contribution is 7.99. The minimum absolute atomic E-state index is 0.103. The first-order valence-electron chi connectivity index (χ1n) is 16.9. The fraction of sp³-hybridized carbons (Fsp3) is 0.543. The maximum absolute atomic E-state index is 17.6. The van der Waals surface area contributed by atoms with Gasteiger partial charge in [-0.1, -0.05) is 0 Å². The molecule has 2 aromatic heterocycles. The van der Waals surface area contributed by atoms with Gasteiger partial charge in [-0.05, 0) is 58.3 Å². The van der Waals surface area contributed by atoms with E-state index in [0.717, 1.165) is 50.7 Å². The van der Waals surface area contributed by atoms with Crippen molar-refractivity contribution in [2.75, 3.05) is 62.4 Å². The average molecular weight is 690 g/mol. The molecule has 0 aliphatic carbocycles. The molecule has 258 valence electrons. The van der Waals surface area contributed by atoms with Gasteiger partial charge >= 0.3 is 0 Å². The average Bonchev–Trinajstić information content (AvgIpc) is 3.78. The second kappa shape index (κ2) is 12.0. The first kappa shape index (κ1) is 32.6. The second-order valence-electron chi connectivity index (χ2n) is 14.6. The van der Waals surface area contributed by atoms with Crippen LogP contribution in [-0.2, 0) is 18.0 Å². The van der Waals surface area contributed by atoms with Gasteiger partial charge in [0.25, 0.3) is 0 Å². The molecule has 4 unspecified atom stereocenters. The van der Waals surface area contributed by atoms with Crippen LogP contribution in [0.1, 0.15) is 49.8 Å². The number of nitrogens with zero attached hydrogens (tertiary/aromatic N) is 8. The van der Waals surface area contributed by atoms with Gasteiger partial charge in [0.05, 0.1) is 47.1 Å². The summed E-state index contributed by atoms with van der Waals surface area (Å²) in [7, 11) is 4.14. The van der Waals surface area contributed by atoms with Gasteiger partial charge in [-0.25, -0.2) is 13.8 Å². The molecule has 5 aliphatic rings. The van der Waals surface area contributed by atoms with Crippen LogP contribution in [0.2, 0.25) is 0 Å². The molecule has 2 bridgehead atoms. The molecule has 3 aromatic rings. The van der Waals surface area contributed by atoms with Crippen molar-refractivity contribution in [1.82, 2.24) is 24.8 Å². The summed E-state index contributed by atoms with van der Waals surface area (Å²) < 4.78 is 38.8. The van der Waals surface area contributed by atoms with Crippen LogP contribution in [0.4, 0.5) is 20.5 Å². The van der Waals surface area contributed by atoms with Crippen molar-refractivity contribution < 1.29 is 18.6 Å². The number of nitriles is 1. The van der Waals surface area contributed by atoms with Gasteiger partial charge in [0, 0.05) is 72.9 Å². The molecule has 0 spiro atoms. The number of thioether (sulfide) groups is 1. The zero-order chi connectivity index (χ0) is 34.4. The Morgan fingerprint density at radius 2 is 1.92 bits per heavy atom. The van der Waals surface area contributed by atoms with Gasteiger partial charge in [0.15, 0.2) is 11.6 Å². The van der Waals surface area contributed by atoms with E-state index in [4.69, 9.17) is 20.4 Å². The molecule has 14 heteroatoms. The number of anilines is 2. The molecule has 0 radical (unpaired) electrons. The normalized spacial score (nSPS) is 25.8. The van der Waals surface area contributed by atoms with Crippen LogP contribution in [0.25, 0.3) is 27.7 Å². The quantitative estimate of drug-likeness (QED) is 0.390. The highest BCUT2D eigenvalue weighted by Crippen LogP contribution is 2.49. The SMILES string of the molecule is CC(O)CN1CC2CCC(C1)N2c1nc(N2CCC(C)(N(C)C)C2)nc2c(F)c(-c3ncc(F)c4c3C(C#N)=C(N)CS4)c3c(c12)COC3. The van der Waals surface area contributed by atoms with E-state index >= 15 is 8.78 Å². The fourth-order valence-corrected chi connectivity index (χ4v) is 9.44. The summed E-state index contributed by atoms with van der Waals surface area (Å²) in [4.78, 5) is 24.0. The number of pyridine rings is 1. The van der Waals surface area contributed by atoms with E-state index in [1.165, 1.54) is 11.8 Å². The minimum atomic E-state index is -0.591. The van der Waals surface area contributed by atoms with Crippen molar-refractivity contribution in [1.29, 1.82) is 5.26 Å². The van der Waals surface area contributed by atoms with Crippen LogP contribution >= 0.6 is 11.8 Å². The van der Waals surface area contributed by atoms with E-state index in [0.29, 0.717) is 41.5 Å². The highest BCUT2D eigenvalue weighted by atomic mass is 32.2. The minimum Gasteiger partial charge on any atom is -0.400 e. The van der Waals surface area contributed by atoms with Gasteiger partial charge in [0.1, 0.15) is 17.4 Å². The molecule has 0 saturated carbocycles. The van der Waals surface area contributed by atoms with Gasteiger partial charge in [0.2, 0.25) is 5.95 Å². The molecule has 8 rings (SSSR count). The van der Waals surface area contributed by atoms with Crippen molar-refractivity contribution in [3.8, 4) is 17.3 Å². The number of aromatic nitrogens is 3. The molecule has 5 aliphatic heterocycles. The first-order chi connectivity index (χ1) is 23.5. The highest BCUT2D eigenvalue weighted by Gasteiger charge is 2.44. The molecule has 4 atom stereocenters. The number of benzene rings is 1. The molecule has 3 N–H and O–H groups in total. The number of likely N-dealkylation sites (tertiary alicyclic amines) is 1. The van der Waals surface area contributed by atoms with Crippen LogP contribution < -0.4 is 15.5 Å². The van der Waals surface area contributed by atoms with E-state index < -0.39 is 17.7 Å². The molecule has 11 nitrogen and oxygen atoms in total. The zero-order valence-electron chi connectivity index (χ0n) is 28.3. The third-order valence-electron chi connectivity index (χ3n) is 11.2. The maximum atomic E-state index is 17.6. The van der Waals surface area contributed by atoms with Crippen molar-refractivity contribution in [2.24, 2.45) is 5.73 Å². The molecule has 7 heterocycles. The van der Waals surface area contributed by atoms with Crippen LogP contribution in [0.15, 0.2) is 16.8 Å². The first-order valence-corrected chi connectivity index (χ1v) is 17.9. The molecule has 49 heavy (non-hydrogen) atoms. The van der Waals surface area contributed by atoms with Gasteiger partial charge < -0.3 is 30.3 Å². The van der Waals surface area contributed by atoms with Gasteiger partial charge in [-0.2, -0.15) is 10.2 Å². The monoisotopic (exact) mass is 689 g/mol. The van der Waals surface area contributed by atoms with E-state index in [1.54, 1.807) is 0 Å². The Morgan fingerprint density at radius 3 is 2.59 bits per heavy atom. The predicted molar refractivity (Wildman–Crippen MR) is 185 cm³/mol. The largest absolute Gasteiger partial charge is 0.400 e. The Labute approximate surface area is 288 Å². The number of β-amino-alcohol motifs (C(OH)–C–C–N with tert-alkyl or cyclic N) is 1. The number of aliphatic hydroxyl groups excluding tert-OH is 1.